The zero-order valence-electron chi connectivity index (χ0n) is 43.1. The number of nitriles is 1. The number of hydrogen-bond acceptors (Lipinski definition) is 11. The number of ether oxygens (including phenoxy) is 4. The van der Waals surface area contributed by atoms with Crippen molar-refractivity contribution in [2.75, 3.05) is 46.6 Å². The van der Waals surface area contributed by atoms with Crippen molar-refractivity contribution in [3.63, 3.8) is 0 Å². The third kappa shape index (κ3) is 12.4. The summed E-state index contributed by atoms with van der Waals surface area (Å²) < 4.78 is 24.4. The summed E-state index contributed by atoms with van der Waals surface area (Å²) in [6, 6.07) is 26.0. The van der Waals surface area contributed by atoms with Gasteiger partial charge < -0.3 is 39.8 Å². The Labute approximate surface area is 439 Å². The van der Waals surface area contributed by atoms with E-state index < -0.39 is 6.04 Å². The zero-order valence-corrected chi connectivity index (χ0v) is 44.7. The molecule has 13 nitrogen and oxygen atoms in total. The number of likely N-dealkylation sites (N-methyl/N-ethyl adjacent to an activating group) is 1. The van der Waals surface area contributed by atoms with Crippen LogP contribution in [-0.2, 0) is 25.5 Å². The van der Waals surface area contributed by atoms with Gasteiger partial charge in [0.2, 0.25) is 11.8 Å². The highest BCUT2D eigenvalue weighted by Crippen LogP contribution is 2.55. The maximum Gasteiger partial charge on any atom is 0.251 e. The van der Waals surface area contributed by atoms with Gasteiger partial charge in [0.25, 0.3) is 5.91 Å². The Hall–Kier alpha value is -5.56. The van der Waals surface area contributed by atoms with Crippen molar-refractivity contribution < 1.29 is 33.3 Å². The Morgan fingerprint density at radius 3 is 2.30 bits per heavy atom. The molecule has 3 N–H and O–H groups in total. The summed E-state index contributed by atoms with van der Waals surface area (Å²) in [7, 11) is 1.76. The molecular weight excluding hydrogens is 960 g/mol. The number of aromatic nitrogens is 1. The summed E-state index contributed by atoms with van der Waals surface area (Å²) in [5.74, 6) is 1.27. The van der Waals surface area contributed by atoms with Gasteiger partial charge in [0, 0.05) is 58.0 Å². The number of nitrogens with one attached hydrogen (secondary N) is 3. The molecule has 3 amide bonds. The van der Waals surface area contributed by atoms with Gasteiger partial charge in [0.05, 0.1) is 48.2 Å². The molecule has 4 aromatic carbocycles. The summed E-state index contributed by atoms with van der Waals surface area (Å²) in [5.41, 5.74) is 3.32. The van der Waals surface area contributed by atoms with Gasteiger partial charge >= 0.3 is 0 Å². The summed E-state index contributed by atoms with van der Waals surface area (Å²) in [6.45, 7) is 13.2. The van der Waals surface area contributed by atoms with Crippen molar-refractivity contribution in [2.24, 2.45) is 16.7 Å². The van der Waals surface area contributed by atoms with E-state index in [-0.39, 0.29) is 58.7 Å². The molecule has 0 unspecified atom stereocenters. The van der Waals surface area contributed by atoms with Gasteiger partial charge in [-0.25, -0.2) is 4.98 Å². The molecule has 1 aliphatic heterocycles. The lowest BCUT2D eigenvalue weighted by atomic mass is 9.49. The molecule has 0 spiro atoms. The summed E-state index contributed by atoms with van der Waals surface area (Å²) in [6.07, 6.45) is 8.47. The average Bonchev–Trinajstić information content (AvgIpc) is 4.10. The van der Waals surface area contributed by atoms with Gasteiger partial charge in [-0.15, -0.1) is 11.3 Å². The fourth-order valence-corrected chi connectivity index (χ4v) is 12.6. The minimum Gasteiger partial charge on any atom is -0.491 e. The molecule has 3 atom stereocenters. The Morgan fingerprint density at radius 2 is 1.59 bits per heavy atom. The molecule has 73 heavy (non-hydrogen) atoms. The third-order valence-corrected chi connectivity index (χ3v) is 16.5. The van der Waals surface area contributed by atoms with Crippen LogP contribution < -0.4 is 25.4 Å². The first-order valence-electron chi connectivity index (χ1n) is 26.0. The van der Waals surface area contributed by atoms with Crippen LogP contribution in [0, 0.1) is 28.1 Å². The van der Waals surface area contributed by atoms with Gasteiger partial charge in [-0.05, 0) is 106 Å². The number of halogens is 1. The molecule has 3 fully saturated rings. The molecule has 8 rings (SSSR count). The van der Waals surface area contributed by atoms with Crippen LogP contribution in [0.2, 0.25) is 5.02 Å². The van der Waals surface area contributed by atoms with E-state index in [4.69, 9.17) is 35.5 Å². The largest absolute Gasteiger partial charge is 0.491 e. The van der Waals surface area contributed by atoms with Crippen LogP contribution in [0.25, 0.3) is 22.0 Å². The monoisotopic (exact) mass is 1030 g/mol. The number of carbonyl (C=O) groups excluding carboxylic acids is 3. The normalized spacial score (nSPS) is 20.1. The number of thiazole rings is 1. The first kappa shape index (κ1) is 53.7. The topological polar surface area (TPSA) is 164 Å². The number of hydrogen-bond donors (Lipinski definition) is 3. The van der Waals surface area contributed by atoms with E-state index >= 15 is 0 Å². The molecule has 0 radical (unpaired) electrons. The number of fused-ring (bicyclic) bond motifs is 1. The molecule has 1 saturated heterocycles. The molecule has 3 aliphatic rings. The van der Waals surface area contributed by atoms with Crippen LogP contribution >= 0.6 is 22.9 Å². The number of likely N-dealkylation sites (tertiary alicyclic amines) is 1. The quantitative estimate of drug-likeness (QED) is 0.0569. The van der Waals surface area contributed by atoms with E-state index in [1.54, 1.807) is 36.6 Å². The lowest BCUT2D eigenvalue weighted by Gasteiger charge is -2.63. The van der Waals surface area contributed by atoms with Crippen LogP contribution in [0.5, 0.6) is 11.5 Å². The van der Waals surface area contributed by atoms with E-state index in [1.807, 2.05) is 54.3 Å². The molecule has 2 saturated carbocycles. The fourth-order valence-electron chi connectivity index (χ4n) is 11.5. The zero-order chi connectivity index (χ0) is 51.7. The minimum absolute atomic E-state index is 0.0152. The third-order valence-electron chi connectivity index (χ3n) is 15.3. The van der Waals surface area contributed by atoms with Crippen molar-refractivity contribution in [3.8, 4) is 28.8 Å². The van der Waals surface area contributed by atoms with Crippen molar-refractivity contribution in [1.29, 1.82) is 5.26 Å². The number of aryl methyl sites for hydroxylation is 1. The number of nitrogens with zero attached hydrogens (tertiary/aromatic N) is 3. The Balaban J connectivity index is 0.750. The van der Waals surface area contributed by atoms with Gasteiger partial charge in [-0.1, -0.05) is 95.0 Å². The van der Waals surface area contributed by atoms with Crippen LogP contribution in [0.1, 0.15) is 119 Å². The highest BCUT2D eigenvalue weighted by molar-refractivity contribution is 7.10. The number of amides is 3. The van der Waals surface area contributed by atoms with Gasteiger partial charge in [0.15, 0.2) is 0 Å². The van der Waals surface area contributed by atoms with E-state index in [1.165, 1.54) is 6.42 Å². The Bertz CT molecular complexity index is 2730. The second-order valence-corrected chi connectivity index (χ2v) is 22.3. The van der Waals surface area contributed by atoms with Crippen molar-refractivity contribution in [3.05, 3.63) is 111 Å². The molecule has 2 heterocycles. The summed E-state index contributed by atoms with van der Waals surface area (Å²) in [5, 5.41) is 24.1. The van der Waals surface area contributed by atoms with Crippen LogP contribution in [0.4, 0.5) is 0 Å². The lowest BCUT2D eigenvalue weighted by Crippen LogP contribution is -2.74. The smallest absolute Gasteiger partial charge is 0.251 e. The fraction of sp³-hybridized carbons (Fsp3) is 0.500. The summed E-state index contributed by atoms with van der Waals surface area (Å²) in [4.78, 5) is 48.0. The predicted molar refractivity (Wildman–Crippen MR) is 287 cm³/mol. The Kier molecular flexibility index (Phi) is 17.8. The minimum atomic E-state index is -0.529. The average molecular weight is 1030 g/mol. The molecule has 1 aromatic heterocycles. The first-order chi connectivity index (χ1) is 35.2. The molecule has 0 bridgehead atoms. The molecule has 15 heteroatoms. The number of rotatable bonds is 22. The predicted octanol–water partition coefficient (Wildman–Crippen LogP) is 10.5. The molecule has 388 valence electrons. The van der Waals surface area contributed by atoms with E-state index in [2.05, 4.69) is 73.3 Å². The first-order valence-corrected chi connectivity index (χ1v) is 27.3. The molecule has 2 aliphatic carbocycles. The van der Waals surface area contributed by atoms with Gasteiger partial charge in [-0.3, -0.25) is 14.4 Å². The standard InChI is InChI=1S/C58H71ClN6O7S/c1-37(61-6)51(66)63-50(39-15-8-7-9-16-39)54(68)65-28-12-19-48(65)53-62-47(36-73-53)44-26-27-49(45-18-11-10-17-43(44)45)71-33-32-70-31-30-69-29-13-14-38-20-22-40(23-21-38)52(67)64-55-57(2,3)56(58(55,4)5)72-42-25-24-41(35-60)46(59)34-42/h10-11,17-18,20-27,34,36-37,39,48,50,55-56,61H,7-9,12-16,19,28-33H2,1-6H3,(H,63,66)(H,64,67)/t37-,48-,50-,55?,56?/m0/s1. The van der Waals surface area contributed by atoms with Gasteiger partial charge in [-0.2, -0.15) is 5.26 Å². The lowest BCUT2D eigenvalue weighted by molar-refractivity contribution is -0.164. The van der Waals surface area contributed by atoms with E-state index in [0.717, 1.165) is 89.7 Å². The highest BCUT2D eigenvalue weighted by Gasteiger charge is 2.64. The van der Waals surface area contributed by atoms with Crippen molar-refractivity contribution in [1.82, 2.24) is 25.8 Å². The molecule has 5 aromatic rings. The SMILES string of the molecule is CN[C@@H](C)C(=O)N[C@H](C(=O)N1CCC[C@H]1c1nc(-c2ccc(OCCOCCOCCCc3ccc(C(=O)NC4C(C)(C)C(Oc5ccc(C#N)c(Cl)c5)C4(C)C)cc3)c3ccccc23)cs1)C1CCCCC1. The van der Waals surface area contributed by atoms with Gasteiger partial charge in [0.1, 0.15) is 41.3 Å². The number of carbonyl (C=O) groups is 3. The highest BCUT2D eigenvalue weighted by atomic mass is 35.5. The maximum atomic E-state index is 14.3. The Morgan fingerprint density at radius 1 is 0.877 bits per heavy atom. The van der Waals surface area contributed by atoms with Crippen LogP contribution in [0.3, 0.4) is 0 Å². The second-order valence-electron chi connectivity index (χ2n) is 21.0. The van der Waals surface area contributed by atoms with Crippen molar-refractivity contribution >= 4 is 51.4 Å². The van der Waals surface area contributed by atoms with E-state index in [0.29, 0.717) is 61.5 Å². The molecular formula is C58H71ClN6O7S. The van der Waals surface area contributed by atoms with Crippen LogP contribution in [-0.4, -0.2) is 98.5 Å². The van der Waals surface area contributed by atoms with E-state index in [9.17, 15) is 19.6 Å². The summed E-state index contributed by atoms with van der Waals surface area (Å²) >= 11 is 7.85. The second kappa shape index (κ2) is 24.2. The van der Waals surface area contributed by atoms with Crippen LogP contribution in [0.15, 0.2) is 84.2 Å². The van der Waals surface area contributed by atoms with Crippen molar-refractivity contribution in [2.45, 2.75) is 123 Å². The maximum absolute atomic E-state index is 14.3. The number of benzene rings is 4.